The first-order valence-corrected chi connectivity index (χ1v) is 14.7. The van der Waals surface area contributed by atoms with E-state index in [9.17, 15) is 34.4 Å². The SMILES string of the molecule is C=CCS(=O)(=O)OCCCC.O=S(=O)([O-])C=Cc1ccccc1.O=S(=O)([O-])C=Cc1ccccc1.[Na+].[Na+]. The molecule has 0 saturated heterocycles. The van der Waals surface area contributed by atoms with Gasteiger partial charge in [-0.3, -0.25) is 4.18 Å². The minimum absolute atomic E-state index is 0. The van der Waals surface area contributed by atoms with Crippen molar-refractivity contribution in [2.24, 2.45) is 0 Å². The zero-order valence-electron chi connectivity index (χ0n) is 21.1. The second-order valence-corrected chi connectivity index (χ2v) is 10.8. The maximum Gasteiger partial charge on any atom is 1.00 e. The normalized spacial score (nSPS) is 11.2. The van der Waals surface area contributed by atoms with Gasteiger partial charge in [-0.25, -0.2) is 16.8 Å². The fourth-order valence-electron chi connectivity index (χ4n) is 1.97. The van der Waals surface area contributed by atoms with Crippen LogP contribution < -0.4 is 59.1 Å². The van der Waals surface area contributed by atoms with E-state index >= 15 is 0 Å². The standard InChI is InChI=1S/2C8H8O3S.C7H14O3S.2Na/c2*9-12(10,11)7-6-8-4-2-1-3-5-8;1-3-5-6-10-11(8,9)7-4-2;;/h2*1-7H,(H,9,10,11);4H,2-3,5-7H2,1H3;;/q;;;2*+1/p-2. The van der Waals surface area contributed by atoms with Gasteiger partial charge in [0.1, 0.15) is 20.2 Å². The Kier molecular flexibility index (Phi) is 24.6. The summed E-state index contributed by atoms with van der Waals surface area (Å²) in [6, 6.07) is 17.5. The molecule has 0 radical (unpaired) electrons. The largest absolute Gasteiger partial charge is 1.00 e. The minimum atomic E-state index is -4.25. The smallest absolute Gasteiger partial charge is 0.744 e. The molecule has 0 saturated carbocycles. The van der Waals surface area contributed by atoms with E-state index in [0.29, 0.717) is 21.9 Å². The molecule has 0 amide bonds. The Hall–Kier alpha value is -0.610. The molecule has 0 aliphatic heterocycles. The average Bonchev–Trinajstić information content (AvgIpc) is 2.78. The van der Waals surface area contributed by atoms with Gasteiger partial charge < -0.3 is 9.11 Å². The van der Waals surface area contributed by atoms with Crippen LogP contribution in [0.25, 0.3) is 12.2 Å². The Balaban J connectivity index is -0.000000457. The molecule has 0 unspecified atom stereocenters. The molecule has 0 N–H and O–H groups in total. The number of rotatable bonds is 10. The van der Waals surface area contributed by atoms with Gasteiger partial charge >= 0.3 is 59.1 Å². The molecular weight excluding hydrogens is 562 g/mol. The van der Waals surface area contributed by atoms with Crippen LogP contribution in [-0.2, 0) is 34.5 Å². The predicted octanol–water partition coefficient (Wildman–Crippen LogP) is -2.27. The molecule has 14 heteroatoms. The van der Waals surface area contributed by atoms with E-state index in [0.717, 1.165) is 12.8 Å². The first kappa shape index (κ1) is 40.9. The summed E-state index contributed by atoms with van der Waals surface area (Å²) >= 11 is 0. The van der Waals surface area contributed by atoms with Gasteiger partial charge in [0, 0.05) is 10.8 Å². The molecule has 0 aliphatic rings. The van der Waals surface area contributed by atoms with Crippen molar-refractivity contribution in [1.82, 2.24) is 0 Å². The van der Waals surface area contributed by atoms with Crippen molar-refractivity contribution in [3.05, 3.63) is 95.3 Å². The number of unbranched alkanes of at least 4 members (excludes halogenated alkanes) is 1. The van der Waals surface area contributed by atoms with Crippen LogP contribution in [0, 0.1) is 0 Å². The molecule has 2 aromatic rings. The van der Waals surface area contributed by atoms with Crippen LogP contribution >= 0.6 is 0 Å². The van der Waals surface area contributed by atoms with Gasteiger partial charge in [0.25, 0.3) is 10.1 Å². The van der Waals surface area contributed by atoms with Crippen molar-refractivity contribution in [3.8, 4) is 0 Å². The van der Waals surface area contributed by atoms with E-state index in [1.54, 1.807) is 48.5 Å². The first-order valence-electron chi connectivity index (χ1n) is 10.1. The molecule has 0 spiro atoms. The molecule has 194 valence electrons. The summed E-state index contributed by atoms with van der Waals surface area (Å²) < 4.78 is 87.2. The maximum atomic E-state index is 10.8. The Bertz CT molecular complexity index is 1170. The summed E-state index contributed by atoms with van der Waals surface area (Å²) in [5, 5.41) is 1.28. The summed E-state index contributed by atoms with van der Waals surface area (Å²) in [5.41, 5.74) is 1.38. The van der Waals surface area contributed by atoms with Crippen LogP contribution in [0.2, 0.25) is 0 Å². The molecule has 2 aromatic carbocycles. The van der Waals surface area contributed by atoms with Crippen LogP contribution in [0.4, 0.5) is 0 Å². The number of hydrogen-bond donors (Lipinski definition) is 0. The Labute approximate surface area is 264 Å². The Morgan fingerprint density at radius 2 is 1.14 bits per heavy atom. The number of benzene rings is 2. The number of hydrogen-bond acceptors (Lipinski definition) is 9. The van der Waals surface area contributed by atoms with E-state index in [1.165, 1.54) is 18.2 Å². The second kappa shape index (κ2) is 22.2. The van der Waals surface area contributed by atoms with Crippen LogP contribution in [0.3, 0.4) is 0 Å². The fraction of sp³-hybridized carbons (Fsp3) is 0.217. The first-order chi connectivity index (χ1) is 16.3. The fourth-order valence-corrected chi connectivity index (χ4v) is 3.38. The van der Waals surface area contributed by atoms with Crippen LogP contribution in [0.15, 0.2) is 84.1 Å². The molecule has 37 heavy (non-hydrogen) atoms. The summed E-state index contributed by atoms with van der Waals surface area (Å²) in [5.74, 6) is -0.100. The van der Waals surface area contributed by atoms with Crippen molar-refractivity contribution >= 4 is 42.5 Å². The van der Waals surface area contributed by atoms with E-state index in [-0.39, 0.29) is 71.5 Å². The summed E-state index contributed by atoms with van der Waals surface area (Å²) in [4.78, 5) is 0. The second-order valence-electron chi connectivity index (χ2n) is 6.60. The molecular formula is C23H28Na2O9S3. The van der Waals surface area contributed by atoms with E-state index in [2.05, 4.69) is 10.8 Å². The third-order valence-corrected chi connectivity index (χ3v) is 5.64. The monoisotopic (exact) mass is 590 g/mol. The summed E-state index contributed by atoms with van der Waals surface area (Å²) in [6.07, 6.45) is 5.56. The van der Waals surface area contributed by atoms with Gasteiger partial charge in [-0.05, 0) is 29.7 Å². The summed E-state index contributed by atoms with van der Waals surface area (Å²) in [7, 11) is -11.8. The van der Waals surface area contributed by atoms with Crippen LogP contribution in [0.1, 0.15) is 30.9 Å². The van der Waals surface area contributed by atoms with Gasteiger partial charge in [0.05, 0.1) is 12.4 Å². The third kappa shape index (κ3) is 28.2. The molecule has 0 atom stereocenters. The van der Waals surface area contributed by atoms with Crippen LogP contribution in [0.5, 0.6) is 0 Å². The van der Waals surface area contributed by atoms with Gasteiger partial charge in [0.15, 0.2) is 0 Å². The van der Waals surface area contributed by atoms with Crippen molar-refractivity contribution in [2.45, 2.75) is 19.8 Å². The van der Waals surface area contributed by atoms with Crippen molar-refractivity contribution in [2.75, 3.05) is 12.4 Å². The molecule has 0 aromatic heterocycles. The van der Waals surface area contributed by atoms with Gasteiger partial charge in [-0.2, -0.15) is 8.42 Å². The van der Waals surface area contributed by atoms with Gasteiger partial charge in [-0.15, -0.1) is 6.58 Å². The Morgan fingerprint density at radius 3 is 1.43 bits per heavy atom. The molecule has 2 rings (SSSR count). The topological polar surface area (TPSA) is 158 Å². The molecule has 0 heterocycles. The van der Waals surface area contributed by atoms with Gasteiger partial charge in [-0.1, -0.05) is 80.1 Å². The van der Waals surface area contributed by atoms with Crippen molar-refractivity contribution < 1.29 is 97.7 Å². The molecule has 0 bridgehead atoms. The minimum Gasteiger partial charge on any atom is -0.744 e. The van der Waals surface area contributed by atoms with E-state index < -0.39 is 30.4 Å². The van der Waals surface area contributed by atoms with E-state index in [4.69, 9.17) is 0 Å². The van der Waals surface area contributed by atoms with Gasteiger partial charge in [0.2, 0.25) is 0 Å². The molecule has 0 aliphatic carbocycles. The van der Waals surface area contributed by atoms with Crippen molar-refractivity contribution in [1.29, 1.82) is 0 Å². The summed E-state index contributed by atoms with van der Waals surface area (Å²) in [6.45, 7) is 5.58. The third-order valence-electron chi connectivity index (χ3n) is 3.54. The zero-order valence-corrected chi connectivity index (χ0v) is 27.5. The average molecular weight is 591 g/mol. The zero-order chi connectivity index (χ0) is 26.8. The quantitative estimate of drug-likeness (QED) is 0.0979. The predicted molar refractivity (Wildman–Crippen MR) is 135 cm³/mol. The van der Waals surface area contributed by atoms with Crippen molar-refractivity contribution in [3.63, 3.8) is 0 Å². The molecule has 0 fully saturated rings. The van der Waals surface area contributed by atoms with Crippen LogP contribution in [-0.4, -0.2) is 46.7 Å². The maximum absolute atomic E-state index is 10.8. The Morgan fingerprint density at radius 1 is 0.757 bits per heavy atom. The van der Waals surface area contributed by atoms with E-state index in [1.807, 2.05) is 19.1 Å². The molecule has 9 nitrogen and oxygen atoms in total.